The Morgan fingerprint density at radius 3 is 2.46 bits per heavy atom. The van der Waals surface area contributed by atoms with Crippen LogP contribution >= 0.6 is 23.7 Å². The molecule has 3 rings (SSSR count). The second-order valence-electron chi connectivity index (χ2n) is 5.36. The smallest absolute Gasteiger partial charge is 0.335 e. The molecule has 0 aliphatic rings. The molecule has 2 aromatic carbocycles. The first-order valence-corrected chi connectivity index (χ1v) is 8.04. The summed E-state index contributed by atoms with van der Waals surface area (Å²) in [5, 5.41) is 14.9. The van der Waals surface area contributed by atoms with Gasteiger partial charge in [-0.3, -0.25) is 0 Å². The maximum atomic E-state index is 10.9. The van der Waals surface area contributed by atoms with Gasteiger partial charge in [0, 0.05) is 16.6 Å². The molecule has 0 amide bonds. The fraction of sp³-hybridized carbons (Fsp3) is 0.111. The maximum absolute atomic E-state index is 10.9. The molecule has 0 aliphatic heterocycles. The molecule has 2 N–H and O–H groups in total. The van der Waals surface area contributed by atoms with Gasteiger partial charge < -0.3 is 10.4 Å². The lowest BCUT2D eigenvalue weighted by molar-refractivity contribution is 0.0697. The molecule has 0 saturated carbocycles. The number of aromatic nitrogens is 1. The zero-order chi connectivity index (χ0) is 16.4. The molecule has 0 radical (unpaired) electrons. The van der Waals surface area contributed by atoms with Crippen molar-refractivity contribution in [3.63, 3.8) is 0 Å². The number of carbonyl (C=O) groups is 1. The van der Waals surface area contributed by atoms with Gasteiger partial charge in [-0.25, -0.2) is 9.78 Å². The highest BCUT2D eigenvalue weighted by Crippen LogP contribution is 2.29. The monoisotopic (exact) mass is 360 g/mol. The van der Waals surface area contributed by atoms with Gasteiger partial charge >= 0.3 is 5.97 Å². The van der Waals surface area contributed by atoms with Crippen LogP contribution in [0.1, 0.15) is 21.5 Å². The molecule has 0 fully saturated rings. The van der Waals surface area contributed by atoms with Gasteiger partial charge in [0.15, 0.2) is 5.13 Å². The molecule has 0 spiro atoms. The van der Waals surface area contributed by atoms with Crippen molar-refractivity contribution in [3.8, 4) is 11.3 Å². The van der Waals surface area contributed by atoms with E-state index in [0.29, 0.717) is 0 Å². The summed E-state index contributed by atoms with van der Waals surface area (Å²) in [7, 11) is 0. The van der Waals surface area contributed by atoms with E-state index in [0.717, 1.165) is 22.1 Å². The lowest BCUT2D eigenvalue weighted by Gasteiger charge is -2.04. The Hall–Kier alpha value is -2.37. The molecule has 3 aromatic rings. The molecule has 24 heavy (non-hydrogen) atoms. The fourth-order valence-corrected chi connectivity index (χ4v) is 3.11. The third-order valence-electron chi connectivity index (χ3n) is 3.55. The third kappa shape index (κ3) is 3.93. The summed E-state index contributed by atoms with van der Waals surface area (Å²) in [4.78, 5) is 15.5. The number of carboxylic acid groups (broad SMARTS) is 1. The lowest BCUT2D eigenvalue weighted by atomic mass is 10.0. The predicted octanol–water partition coefficient (Wildman–Crippen LogP) is 5.29. The first kappa shape index (κ1) is 18.0. The minimum atomic E-state index is -0.928. The number of hydrogen-bond acceptors (Lipinski definition) is 4. The molecule has 124 valence electrons. The van der Waals surface area contributed by atoms with E-state index in [1.807, 2.05) is 5.38 Å². The summed E-state index contributed by atoms with van der Waals surface area (Å²) >= 11 is 1.52. The molecule has 0 unspecified atom stereocenters. The van der Waals surface area contributed by atoms with Crippen LogP contribution in [0.25, 0.3) is 11.3 Å². The van der Waals surface area contributed by atoms with Crippen molar-refractivity contribution in [3.05, 3.63) is 64.5 Å². The van der Waals surface area contributed by atoms with Gasteiger partial charge in [-0.15, -0.1) is 23.7 Å². The average Bonchev–Trinajstić information content (AvgIpc) is 2.96. The number of halogens is 1. The van der Waals surface area contributed by atoms with E-state index in [1.165, 1.54) is 22.5 Å². The zero-order valence-corrected chi connectivity index (χ0v) is 14.9. The fourth-order valence-electron chi connectivity index (χ4n) is 2.38. The van der Waals surface area contributed by atoms with Crippen LogP contribution in [-0.2, 0) is 0 Å². The van der Waals surface area contributed by atoms with Crippen molar-refractivity contribution >= 4 is 40.5 Å². The highest BCUT2D eigenvalue weighted by atomic mass is 35.5. The Kier molecular flexibility index (Phi) is 5.59. The van der Waals surface area contributed by atoms with Crippen LogP contribution < -0.4 is 5.32 Å². The minimum absolute atomic E-state index is 0. The molecule has 0 atom stereocenters. The summed E-state index contributed by atoms with van der Waals surface area (Å²) in [5.74, 6) is -0.928. The second kappa shape index (κ2) is 7.47. The van der Waals surface area contributed by atoms with Crippen LogP contribution in [0, 0.1) is 13.8 Å². The summed E-state index contributed by atoms with van der Waals surface area (Å²) < 4.78 is 0. The molecule has 4 nitrogen and oxygen atoms in total. The van der Waals surface area contributed by atoms with E-state index in [1.54, 1.807) is 24.3 Å². The van der Waals surface area contributed by atoms with E-state index in [9.17, 15) is 4.79 Å². The molecule has 0 aliphatic carbocycles. The quantitative estimate of drug-likeness (QED) is 0.663. The van der Waals surface area contributed by atoms with Gasteiger partial charge in [0.1, 0.15) is 0 Å². The number of carboxylic acids is 1. The number of nitrogens with one attached hydrogen (secondary N) is 1. The average molecular weight is 361 g/mol. The number of hydrogen-bond donors (Lipinski definition) is 2. The SMILES string of the molecule is Cc1ccc(-c2csc(Nc3ccc(C(=O)O)cc3)n2)c(C)c1.Cl. The molecule has 0 saturated heterocycles. The number of nitrogens with zero attached hydrogens (tertiary/aromatic N) is 1. The number of rotatable bonds is 4. The number of benzene rings is 2. The van der Waals surface area contributed by atoms with Crippen LogP contribution in [0.15, 0.2) is 47.8 Å². The second-order valence-corrected chi connectivity index (χ2v) is 6.22. The van der Waals surface area contributed by atoms with Crippen molar-refractivity contribution in [1.29, 1.82) is 0 Å². The van der Waals surface area contributed by atoms with E-state index >= 15 is 0 Å². The largest absolute Gasteiger partial charge is 0.478 e. The van der Waals surface area contributed by atoms with Crippen molar-refractivity contribution in [2.24, 2.45) is 0 Å². The standard InChI is InChI=1S/C18H16N2O2S.ClH/c1-11-3-8-15(12(2)9-11)16-10-23-18(20-16)19-14-6-4-13(5-7-14)17(21)22;/h3-10H,1-2H3,(H,19,20)(H,21,22);1H. The maximum Gasteiger partial charge on any atom is 0.335 e. The highest BCUT2D eigenvalue weighted by molar-refractivity contribution is 7.14. The van der Waals surface area contributed by atoms with Gasteiger partial charge in [-0.1, -0.05) is 23.8 Å². The number of thiazole rings is 1. The normalized spacial score (nSPS) is 10.1. The van der Waals surface area contributed by atoms with Gasteiger partial charge in [0.05, 0.1) is 11.3 Å². The van der Waals surface area contributed by atoms with Crippen molar-refractivity contribution in [2.45, 2.75) is 13.8 Å². The number of anilines is 2. The molecule has 6 heteroatoms. The molecular weight excluding hydrogens is 344 g/mol. The predicted molar refractivity (Wildman–Crippen MR) is 101 cm³/mol. The van der Waals surface area contributed by atoms with Crippen molar-refractivity contribution < 1.29 is 9.90 Å². The van der Waals surface area contributed by atoms with E-state index < -0.39 is 5.97 Å². The zero-order valence-electron chi connectivity index (χ0n) is 13.2. The first-order chi connectivity index (χ1) is 11.0. The van der Waals surface area contributed by atoms with Crippen molar-refractivity contribution in [1.82, 2.24) is 4.98 Å². The highest BCUT2D eigenvalue weighted by Gasteiger charge is 2.08. The number of aryl methyl sites for hydroxylation is 2. The summed E-state index contributed by atoms with van der Waals surface area (Å²) in [6, 6.07) is 12.9. The summed E-state index contributed by atoms with van der Waals surface area (Å²) in [6.45, 7) is 4.16. The van der Waals surface area contributed by atoms with E-state index in [2.05, 4.69) is 42.3 Å². The first-order valence-electron chi connectivity index (χ1n) is 7.16. The third-order valence-corrected chi connectivity index (χ3v) is 4.30. The Morgan fingerprint density at radius 1 is 1.12 bits per heavy atom. The van der Waals surface area contributed by atoms with Gasteiger partial charge in [0.2, 0.25) is 0 Å². The van der Waals surface area contributed by atoms with Crippen LogP contribution in [0.3, 0.4) is 0 Å². The summed E-state index contributed by atoms with van der Waals surface area (Å²) in [5.41, 5.74) is 5.59. The Balaban J connectivity index is 0.00000208. The Morgan fingerprint density at radius 2 is 1.83 bits per heavy atom. The van der Waals surface area contributed by atoms with Crippen molar-refractivity contribution in [2.75, 3.05) is 5.32 Å². The van der Waals surface area contributed by atoms with E-state index in [-0.39, 0.29) is 18.0 Å². The van der Waals surface area contributed by atoms with Crippen LogP contribution in [-0.4, -0.2) is 16.1 Å². The Labute approximate surface area is 150 Å². The topological polar surface area (TPSA) is 62.2 Å². The lowest BCUT2D eigenvalue weighted by Crippen LogP contribution is -1.96. The van der Waals surface area contributed by atoms with Crippen LogP contribution in [0.2, 0.25) is 0 Å². The summed E-state index contributed by atoms with van der Waals surface area (Å²) in [6.07, 6.45) is 0. The van der Waals surface area contributed by atoms with Crippen LogP contribution in [0.5, 0.6) is 0 Å². The molecular formula is C18H17ClN2O2S. The van der Waals surface area contributed by atoms with Crippen LogP contribution in [0.4, 0.5) is 10.8 Å². The van der Waals surface area contributed by atoms with Gasteiger partial charge in [-0.05, 0) is 43.7 Å². The molecule has 0 bridgehead atoms. The number of aromatic carboxylic acids is 1. The Bertz CT molecular complexity index is 860. The van der Waals surface area contributed by atoms with Gasteiger partial charge in [0.25, 0.3) is 0 Å². The molecule has 1 heterocycles. The van der Waals surface area contributed by atoms with Gasteiger partial charge in [-0.2, -0.15) is 0 Å². The molecule has 1 aromatic heterocycles. The van der Waals surface area contributed by atoms with E-state index in [4.69, 9.17) is 5.11 Å². The minimum Gasteiger partial charge on any atom is -0.478 e.